The summed E-state index contributed by atoms with van der Waals surface area (Å²) in [7, 11) is 1.28. The van der Waals surface area contributed by atoms with Gasteiger partial charge in [0.15, 0.2) is 5.78 Å². The van der Waals surface area contributed by atoms with Crippen molar-refractivity contribution in [1.29, 1.82) is 0 Å². The summed E-state index contributed by atoms with van der Waals surface area (Å²) in [5.74, 6) is -3.13. The smallest absolute Gasteiger partial charge is 0.336 e. The van der Waals surface area contributed by atoms with Crippen molar-refractivity contribution in [2.24, 2.45) is 11.8 Å². The van der Waals surface area contributed by atoms with E-state index in [2.05, 4.69) is 5.32 Å². The van der Waals surface area contributed by atoms with Crippen LogP contribution in [0.1, 0.15) is 45.1 Å². The van der Waals surface area contributed by atoms with Crippen LogP contribution in [0.2, 0.25) is 5.02 Å². The maximum atomic E-state index is 13.5. The maximum absolute atomic E-state index is 13.5. The lowest BCUT2D eigenvalue weighted by atomic mass is 9.69. The number of hydrogen-bond donors (Lipinski definition) is 1. The van der Waals surface area contributed by atoms with Crippen molar-refractivity contribution in [1.82, 2.24) is 5.32 Å². The molecule has 0 amide bonds. The van der Waals surface area contributed by atoms with Crippen LogP contribution in [-0.2, 0) is 23.9 Å². The third-order valence-electron chi connectivity index (χ3n) is 5.60. The van der Waals surface area contributed by atoms with E-state index in [1.54, 1.807) is 31.2 Å². The molecule has 0 spiro atoms. The lowest BCUT2D eigenvalue weighted by molar-refractivity contribution is -0.151. The van der Waals surface area contributed by atoms with Crippen molar-refractivity contribution < 1.29 is 23.9 Å². The molecule has 0 unspecified atom stereocenters. The molecule has 1 heterocycles. The highest BCUT2D eigenvalue weighted by molar-refractivity contribution is 6.30. The second kappa shape index (κ2) is 9.04. The van der Waals surface area contributed by atoms with Gasteiger partial charge in [0.1, 0.15) is 5.92 Å². The average molecular weight is 432 g/mol. The van der Waals surface area contributed by atoms with Crippen molar-refractivity contribution >= 4 is 29.3 Å². The van der Waals surface area contributed by atoms with Crippen molar-refractivity contribution in [3.8, 4) is 0 Å². The van der Waals surface area contributed by atoms with E-state index in [9.17, 15) is 14.4 Å². The summed E-state index contributed by atoms with van der Waals surface area (Å²) in [6.45, 7) is 5.85. The zero-order valence-corrected chi connectivity index (χ0v) is 18.3. The number of benzene rings is 1. The Labute approximate surface area is 181 Å². The molecule has 3 rings (SSSR count). The summed E-state index contributed by atoms with van der Waals surface area (Å²) < 4.78 is 10.3. The van der Waals surface area contributed by atoms with Gasteiger partial charge in [-0.05, 0) is 43.4 Å². The first kappa shape index (κ1) is 22.1. The van der Waals surface area contributed by atoms with Crippen molar-refractivity contribution in [3.05, 3.63) is 57.4 Å². The predicted octanol–water partition coefficient (Wildman–Crippen LogP) is 3.91. The minimum atomic E-state index is -0.906. The number of dihydropyridines is 1. The zero-order chi connectivity index (χ0) is 22.0. The van der Waals surface area contributed by atoms with Crippen LogP contribution >= 0.6 is 11.6 Å². The topological polar surface area (TPSA) is 81.7 Å². The minimum Gasteiger partial charge on any atom is -0.468 e. The SMILES string of the molecule is CCCOC(=O)C1=C(C)NC2=C(C(=O)[C@@H](C(=O)OC)[C@H](C)C2)[C@@H]1c1ccc(Cl)cc1. The third-order valence-corrected chi connectivity index (χ3v) is 5.86. The minimum absolute atomic E-state index is 0.219. The fourth-order valence-corrected chi connectivity index (χ4v) is 4.34. The van der Waals surface area contributed by atoms with E-state index in [0.29, 0.717) is 34.7 Å². The number of Topliss-reactive ketones (excluding diaryl/α,β-unsaturated/α-hetero) is 1. The largest absolute Gasteiger partial charge is 0.468 e. The van der Waals surface area contributed by atoms with E-state index in [4.69, 9.17) is 21.1 Å². The van der Waals surface area contributed by atoms with E-state index in [0.717, 1.165) is 11.3 Å². The molecule has 6 nitrogen and oxygen atoms in total. The van der Waals surface area contributed by atoms with Gasteiger partial charge in [-0.3, -0.25) is 9.59 Å². The number of ether oxygens (including phenoxy) is 2. The number of nitrogens with one attached hydrogen (secondary N) is 1. The first-order valence-electron chi connectivity index (χ1n) is 10.1. The summed E-state index contributed by atoms with van der Waals surface area (Å²) in [4.78, 5) is 38.8. The van der Waals surface area contributed by atoms with E-state index in [1.807, 2.05) is 13.8 Å². The van der Waals surface area contributed by atoms with Crippen LogP contribution in [0.4, 0.5) is 0 Å². The molecule has 2 aliphatic rings. The summed E-state index contributed by atoms with van der Waals surface area (Å²) in [6.07, 6.45) is 1.19. The van der Waals surface area contributed by atoms with E-state index in [1.165, 1.54) is 7.11 Å². The van der Waals surface area contributed by atoms with Crippen LogP contribution in [0.5, 0.6) is 0 Å². The number of methoxy groups -OCH3 is 1. The van der Waals surface area contributed by atoms with Crippen molar-refractivity contribution in [2.75, 3.05) is 13.7 Å². The Balaban J connectivity index is 2.15. The van der Waals surface area contributed by atoms with E-state index in [-0.39, 0.29) is 18.3 Å². The van der Waals surface area contributed by atoms with Crippen LogP contribution in [0, 0.1) is 11.8 Å². The number of rotatable bonds is 5. The molecule has 1 aromatic rings. The second-order valence-electron chi connectivity index (χ2n) is 7.72. The standard InChI is InChI=1S/C23H26ClNO5/c1-5-10-30-23(28)18-13(3)25-16-11-12(2)17(22(27)29-4)21(26)20(16)19(18)14-6-8-15(24)9-7-14/h6-9,12,17,19,25H,5,10-11H2,1-4H3/t12-,17+,19-/m1/s1. The molecule has 160 valence electrons. The van der Waals surface area contributed by atoms with Crippen LogP contribution < -0.4 is 5.32 Å². The Bertz CT molecular complexity index is 931. The van der Waals surface area contributed by atoms with Crippen LogP contribution in [-0.4, -0.2) is 31.4 Å². The number of hydrogen-bond acceptors (Lipinski definition) is 6. The number of carbonyl (C=O) groups is 3. The molecule has 0 saturated carbocycles. The van der Waals surface area contributed by atoms with Gasteiger partial charge in [0, 0.05) is 27.9 Å². The molecule has 3 atom stereocenters. The second-order valence-corrected chi connectivity index (χ2v) is 8.16. The van der Waals surface area contributed by atoms with E-state index >= 15 is 0 Å². The predicted molar refractivity (Wildman–Crippen MR) is 113 cm³/mol. The van der Waals surface area contributed by atoms with Gasteiger partial charge in [0.25, 0.3) is 0 Å². The first-order valence-corrected chi connectivity index (χ1v) is 10.4. The highest BCUT2D eigenvalue weighted by Crippen LogP contribution is 2.45. The van der Waals surface area contributed by atoms with Gasteiger partial charge in [-0.25, -0.2) is 4.79 Å². The quantitative estimate of drug-likeness (QED) is 0.562. The van der Waals surface area contributed by atoms with Crippen molar-refractivity contribution in [3.63, 3.8) is 0 Å². The van der Waals surface area contributed by atoms with Gasteiger partial charge >= 0.3 is 11.9 Å². The van der Waals surface area contributed by atoms with Gasteiger partial charge in [-0.15, -0.1) is 0 Å². The van der Waals surface area contributed by atoms with Crippen LogP contribution in [0.15, 0.2) is 46.8 Å². The Hall–Kier alpha value is -2.60. The molecule has 0 radical (unpaired) electrons. The lowest BCUT2D eigenvalue weighted by Crippen LogP contribution is -2.43. The molecule has 0 aromatic heterocycles. The molecular formula is C23H26ClNO5. The zero-order valence-electron chi connectivity index (χ0n) is 17.6. The van der Waals surface area contributed by atoms with Crippen LogP contribution in [0.25, 0.3) is 0 Å². The number of allylic oxidation sites excluding steroid dienone is 3. The molecule has 0 bridgehead atoms. The Morgan fingerprint density at radius 3 is 2.50 bits per heavy atom. The summed E-state index contributed by atoms with van der Waals surface area (Å²) >= 11 is 6.06. The molecule has 1 aliphatic heterocycles. The Morgan fingerprint density at radius 1 is 1.23 bits per heavy atom. The molecule has 0 saturated heterocycles. The monoisotopic (exact) mass is 431 g/mol. The molecule has 1 aliphatic carbocycles. The van der Waals surface area contributed by atoms with Gasteiger partial charge < -0.3 is 14.8 Å². The molecule has 0 fully saturated rings. The Morgan fingerprint density at radius 2 is 1.90 bits per heavy atom. The molecule has 1 N–H and O–H groups in total. The summed E-state index contributed by atoms with van der Waals surface area (Å²) in [6, 6.07) is 7.03. The van der Waals surface area contributed by atoms with Gasteiger partial charge in [-0.2, -0.15) is 0 Å². The van der Waals surface area contributed by atoms with E-state index < -0.39 is 23.8 Å². The molecular weight excluding hydrogens is 406 g/mol. The fraction of sp³-hybridized carbons (Fsp3) is 0.435. The summed E-state index contributed by atoms with van der Waals surface area (Å²) in [5.41, 5.74) is 2.90. The molecule has 7 heteroatoms. The van der Waals surface area contributed by atoms with Gasteiger partial charge in [-0.1, -0.05) is 37.6 Å². The number of halogens is 1. The van der Waals surface area contributed by atoms with Crippen molar-refractivity contribution in [2.45, 2.75) is 39.5 Å². The highest BCUT2D eigenvalue weighted by Gasteiger charge is 2.47. The van der Waals surface area contributed by atoms with Crippen LogP contribution in [0.3, 0.4) is 0 Å². The normalized spacial score (nSPS) is 23.6. The average Bonchev–Trinajstić information content (AvgIpc) is 2.71. The lowest BCUT2D eigenvalue weighted by Gasteiger charge is -2.38. The number of ketones is 1. The molecule has 30 heavy (non-hydrogen) atoms. The maximum Gasteiger partial charge on any atom is 0.336 e. The third kappa shape index (κ3) is 4.01. The Kier molecular flexibility index (Phi) is 6.66. The number of esters is 2. The van der Waals surface area contributed by atoms with Gasteiger partial charge in [0.2, 0.25) is 0 Å². The first-order chi connectivity index (χ1) is 14.3. The van der Waals surface area contributed by atoms with Gasteiger partial charge in [0.05, 0.1) is 19.3 Å². The summed E-state index contributed by atoms with van der Waals surface area (Å²) in [5, 5.41) is 3.78. The fourth-order valence-electron chi connectivity index (χ4n) is 4.21. The molecule has 1 aromatic carbocycles. The highest BCUT2D eigenvalue weighted by atomic mass is 35.5. The number of carbonyl (C=O) groups excluding carboxylic acids is 3.